The summed E-state index contributed by atoms with van der Waals surface area (Å²) in [5.74, 6) is 1.52. The second-order valence-electron chi connectivity index (χ2n) is 6.15. The van der Waals surface area contributed by atoms with E-state index >= 15 is 0 Å². The number of halogens is 1. The SMILES string of the molecule is CCc1cccc(C)c1NC(=O)CSCc1coc(-c2ccc(Cl)cc2)n1. The Balaban J connectivity index is 1.53. The van der Waals surface area contributed by atoms with Gasteiger partial charge in [-0.15, -0.1) is 11.8 Å². The Morgan fingerprint density at radius 2 is 2.00 bits per heavy atom. The van der Waals surface area contributed by atoms with Crippen LogP contribution in [0, 0.1) is 6.92 Å². The summed E-state index contributed by atoms with van der Waals surface area (Å²) in [4.78, 5) is 16.8. The second-order valence-corrected chi connectivity index (χ2v) is 7.58. The standard InChI is InChI=1S/C21H21ClN2O2S/c1-3-15-6-4-5-14(2)20(15)24-19(25)13-27-12-18-11-26-21(23-18)16-7-9-17(22)10-8-16/h4-11H,3,12-13H2,1-2H3,(H,24,25). The molecule has 1 heterocycles. The number of aromatic nitrogens is 1. The smallest absolute Gasteiger partial charge is 0.234 e. The molecule has 0 saturated carbocycles. The monoisotopic (exact) mass is 400 g/mol. The summed E-state index contributed by atoms with van der Waals surface area (Å²) in [7, 11) is 0. The number of aryl methyl sites for hydroxylation is 2. The van der Waals surface area contributed by atoms with E-state index in [-0.39, 0.29) is 5.91 Å². The molecule has 0 aliphatic heterocycles. The summed E-state index contributed by atoms with van der Waals surface area (Å²) in [5, 5.41) is 3.71. The van der Waals surface area contributed by atoms with Crippen molar-refractivity contribution in [2.24, 2.45) is 0 Å². The number of nitrogens with one attached hydrogen (secondary N) is 1. The summed E-state index contributed by atoms with van der Waals surface area (Å²) in [5.41, 5.74) is 4.84. The van der Waals surface area contributed by atoms with Crippen molar-refractivity contribution in [3.05, 3.63) is 70.6 Å². The largest absolute Gasteiger partial charge is 0.444 e. The van der Waals surface area contributed by atoms with Crippen LogP contribution in [0.3, 0.4) is 0 Å². The molecule has 3 rings (SSSR count). The van der Waals surface area contributed by atoms with E-state index in [1.165, 1.54) is 11.8 Å². The number of benzene rings is 2. The number of anilines is 1. The minimum absolute atomic E-state index is 0.00887. The molecule has 0 saturated heterocycles. The van der Waals surface area contributed by atoms with Gasteiger partial charge in [0.15, 0.2) is 0 Å². The third-order valence-corrected chi connectivity index (χ3v) is 5.35. The fourth-order valence-electron chi connectivity index (χ4n) is 2.72. The lowest BCUT2D eigenvalue weighted by atomic mass is 10.1. The van der Waals surface area contributed by atoms with Crippen LogP contribution in [0.2, 0.25) is 5.02 Å². The quantitative estimate of drug-likeness (QED) is 0.549. The maximum absolute atomic E-state index is 12.3. The van der Waals surface area contributed by atoms with Gasteiger partial charge in [-0.25, -0.2) is 4.98 Å². The highest BCUT2D eigenvalue weighted by Gasteiger charge is 2.11. The number of rotatable bonds is 7. The average Bonchev–Trinajstić information content (AvgIpc) is 3.13. The lowest BCUT2D eigenvalue weighted by molar-refractivity contribution is -0.113. The van der Waals surface area contributed by atoms with Crippen molar-refractivity contribution in [3.8, 4) is 11.5 Å². The molecule has 140 valence electrons. The van der Waals surface area contributed by atoms with Gasteiger partial charge in [0, 0.05) is 22.0 Å². The fraction of sp³-hybridized carbons (Fsp3) is 0.238. The first-order chi connectivity index (χ1) is 13.1. The summed E-state index contributed by atoms with van der Waals surface area (Å²) in [6, 6.07) is 13.4. The molecule has 0 atom stereocenters. The molecular weight excluding hydrogens is 380 g/mol. The van der Waals surface area contributed by atoms with Gasteiger partial charge in [-0.2, -0.15) is 0 Å². The summed E-state index contributed by atoms with van der Waals surface area (Å²) in [6.07, 6.45) is 2.52. The summed E-state index contributed by atoms with van der Waals surface area (Å²) in [6.45, 7) is 4.09. The van der Waals surface area contributed by atoms with Crippen LogP contribution in [0.15, 0.2) is 53.1 Å². The molecular formula is C21H21ClN2O2S. The third-order valence-electron chi connectivity index (χ3n) is 4.13. The summed E-state index contributed by atoms with van der Waals surface area (Å²) < 4.78 is 5.52. The van der Waals surface area contributed by atoms with E-state index in [9.17, 15) is 4.79 Å². The molecule has 27 heavy (non-hydrogen) atoms. The van der Waals surface area contributed by atoms with Gasteiger partial charge < -0.3 is 9.73 Å². The zero-order chi connectivity index (χ0) is 19.2. The Morgan fingerprint density at radius 1 is 1.22 bits per heavy atom. The van der Waals surface area contributed by atoms with Crippen LogP contribution in [0.25, 0.3) is 11.5 Å². The van der Waals surface area contributed by atoms with E-state index in [4.69, 9.17) is 16.0 Å². The Morgan fingerprint density at radius 3 is 2.74 bits per heavy atom. The van der Waals surface area contributed by atoms with Crippen molar-refractivity contribution in [2.75, 3.05) is 11.1 Å². The number of thioether (sulfide) groups is 1. The van der Waals surface area contributed by atoms with Crippen LogP contribution in [0.4, 0.5) is 5.69 Å². The van der Waals surface area contributed by atoms with Gasteiger partial charge in [0.25, 0.3) is 0 Å². The predicted molar refractivity (Wildman–Crippen MR) is 112 cm³/mol. The zero-order valence-corrected chi connectivity index (χ0v) is 16.9. The van der Waals surface area contributed by atoms with Crippen molar-refractivity contribution in [2.45, 2.75) is 26.0 Å². The van der Waals surface area contributed by atoms with Crippen LogP contribution in [-0.2, 0) is 17.0 Å². The second kappa shape index (κ2) is 9.11. The minimum atomic E-state index is -0.00887. The molecule has 0 radical (unpaired) electrons. The molecule has 1 amide bonds. The van der Waals surface area contributed by atoms with Crippen molar-refractivity contribution < 1.29 is 9.21 Å². The minimum Gasteiger partial charge on any atom is -0.444 e. The molecule has 1 aromatic heterocycles. The van der Waals surface area contributed by atoms with Gasteiger partial charge in [0.2, 0.25) is 11.8 Å². The Hall–Kier alpha value is -2.24. The van der Waals surface area contributed by atoms with E-state index in [0.717, 1.165) is 34.5 Å². The Labute approximate surface area is 168 Å². The van der Waals surface area contributed by atoms with Crippen molar-refractivity contribution >= 4 is 35.0 Å². The van der Waals surface area contributed by atoms with Crippen LogP contribution >= 0.6 is 23.4 Å². The first-order valence-electron chi connectivity index (χ1n) is 8.73. The number of para-hydroxylation sites is 1. The Bertz CT molecular complexity index is 922. The number of nitrogens with zero attached hydrogens (tertiary/aromatic N) is 1. The van der Waals surface area contributed by atoms with E-state index in [1.54, 1.807) is 18.4 Å². The summed E-state index contributed by atoms with van der Waals surface area (Å²) >= 11 is 7.41. The molecule has 0 bridgehead atoms. The molecule has 6 heteroatoms. The van der Waals surface area contributed by atoms with Crippen molar-refractivity contribution in [3.63, 3.8) is 0 Å². The maximum atomic E-state index is 12.3. The number of carbonyl (C=O) groups is 1. The number of carbonyl (C=O) groups excluding carboxylic acids is 1. The lowest BCUT2D eigenvalue weighted by Gasteiger charge is -2.12. The molecule has 0 fully saturated rings. The number of hydrogen-bond donors (Lipinski definition) is 1. The molecule has 0 unspecified atom stereocenters. The van der Waals surface area contributed by atoms with Gasteiger partial charge in [0.05, 0.1) is 11.4 Å². The highest BCUT2D eigenvalue weighted by molar-refractivity contribution is 7.99. The van der Waals surface area contributed by atoms with E-state index in [0.29, 0.717) is 22.4 Å². The molecule has 2 aromatic carbocycles. The first kappa shape index (κ1) is 19.5. The van der Waals surface area contributed by atoms with Gasteiger partial charge >= 0.3 is 0 Å². The molecule has 0 aliphatic rings. The van der Waals surface area contributed by atoms with Crippen molar-refractivity contribution in [1.82, 2.24) is 4.98 Å². The van der Waals surface area contributed by atoms with E-state index < -0.39 is 0 Å². The molecule has 3 aromatic rings. The molecule has 1 N–H and O–H groups in total. The normalized spacial score (nSPS) is 10.8. The number of amides is 1. The van der Waals surface area contributed by atoms with E-state index in [1.807, 2.05) is 37.3 Å². The van der Waals surface area contributed by atoms with E-state index in [2.05, 4.69) is 17.2 Å². The van der Waals surface area contributed by atoms with Gasteiger partial charge in [0.1, 0.15) is 6.26 Å². The predicted octanol–water partition coefficient (Wildman–Crippen LogP) is 5.74. The maximum Gasteiger partial charge on any atom is 0.234 e. The molecule has 0 spiro atoms. The highest BCUT2D eigenvalue weighted by atomic mass is 35.5. The van der Waals surface area contributed by atoms with Crippen LogP contribution in [0.1, 0.15) is 23.7 Å². The van der Waals surface area contributed by atoms with Crippen molar-refractivity contribution in [1.29, 1.82) is 0 Å². The third kappa shape index (κ3) is 5.15. The lowest BCUT2D eigenvalue weighted by Crippen LogP contribution is -2.16. The van der Waals surface area contributed by atoms with Gasteiger partial charge in [-0.1, -0.05) is 36.7 Å². The fourth-order valence-corrected chi connectivity index (χ4v) is 3.55. The molecule has 4 nitrogen and oxygen atoms in total. The highest BCUT2D eigenvalue weighted by Crippen LogP contribution is 2.24. The number of oxazole rings is 1. The average molecular weight is 401 g/mol. The first-order valence-corrected chi connectivity index (χ1v) is 10.3. The molecule has 0 aliphatic carbocycles. The van der Waals surface area contributed by atoms with Crippen LogP contribution in [0.5, 0.6) is 0 Å². The zero-order valence-electron chi connectivity index (χ0n) is 15.3. The topological polar surface area (TPSA) is 55.1 Å². The van der Waals surface area contributed by atoms with Crippen LogP contribution in [-0.4, -0.2) is 16.6 Å². The van der Waals surface area contributed by atoms with Gasteiger partial charge in [-0.05, 0) is 48.7 Å². The Kier molecular flexibility index (Phi) is 6.58. The van der Waals surface area contributed by atoms with Gasteiger partial charge in [-0.3, -0.25) is 4.79 Å². The number of hydrogen-bond acceptors (Lipinski definition) is 4. The van der Waals surface area contributed by atoms with Crippen LogP contribution < -0.4 is 5.32 Å².